The Morgan fingerprint density at radius 2 is 2.17 bits per heavy atom. The van der Waals surface area contributed by atoms with Gasteiger partial charge in [0.05, 0.1) is 11.7 Å². The monoisotopic (exact) mass is 242 g/mol. The van der Waals surface area contributed by atoms with Crippen molar-refractivity contribution in [2.24, 2.45) is 0 Å². The van der Waals surface area contributed by atoms with Crippen molar-refractivity contribution in [3.8, 4) is 0 Å². The summed E-state index contributed by atoms with van der Waals surface area (Å²) < 4.78 is 1.75. The minimum absolute atomic E-state index is 0.0237. The molecule has 0 N–H and O–H groups in total. The fraction of sp³-hybridized carbons (Fsp3) is 0.333. The Morgan fingerprint density at radius 1 is 1.28 bits per heavy atom. The van der Waals surface area contributed by atoms with E-state index in [1.807, 2.05) is 12.1 Å². The van der Waals surface area contributed by atoms with E-state index in [4.69, 9.17) is 0 Å². The second-order valence-corrected chi connectivity index (χ2v) is 4.33. The van der Waals surface area contributed by atoms with Gasteiger partial charge >= 0.3 is 0 Å². The average molecular weight is 242 g/mol. The first-order valence-corrected chi connectivity index (χ1v) is 6.41. The normalized spacial score (nSPS) is 11.4. The van der Waals surface area contributed by atoms with Gasteiger partial charge in [-0.15, -0.1) is 0 Å². The fourth-order valence-electron chi connectivity index (χ4n) is 1.94. The summed E-state index contributed by atoms with van der Waals surface area (Å²) in [5.41, 5.74) is 0.917. The molecule has 0 bridgehead atoms. The van der Waals surface area contributed by atoms with Crippen LogP contribution in [0.2, 0.25) is 0 Å². The molecule has 0 unspecified atom stereocenters. The van der Waals surface area contributed by atoms with Gasteiger partial charge in [-0.1, -0.05) is 31.9 Å². The third-order valence-electron chi connectivity index (χ3n) is 2.97. The highest BCUT2D eigenvalue weighted by atomic mass is 16.1. The van der Waals surface area contributed by atoms with Crippen LogP contribution in [0.25, 0.3) is 10.9 Å². The Hall–Kier alpha value is -1.90. The van der Waals surface area contributed by atoms with Gasteiger partial charge in [0.15, 0.2) is 0 Å². The number of allylic oxidation sites excluding steroid dienone is 2. The lowest BCUT2D eigenvalue weighted by Gasteiger charge is -2.06. The standard InChI is InChI=1S/C15H18N2O/c1-2-3-4-5-6-11-17-14-12-16-10-9-13(14)7-8-15(17)18/h5-10,12H,2-4,11H2,1H3. The zero-order valence-corrected chi connectivity index (χ0v) is 10.7. The van der Waals surface area contributed by atoms with E-state index in [-0.39, 0.29) is 5.56 Å². The first kappa shape index (κ1) is 12.6. The predicted octanol–water partition coefficient (Wildman–Crippen LogP) is 3.14. The first-order chi connectivity index (χ1) is 8.83. The van der Waals surface area contributed by atoms with E-state index in [1.165, 1.54) is 12.8 Å². The molecule has 0 saturated heterocycles. The Labute approximate surface area is 107 Å². The summed E-state index contributed by atoms with van der Waals surface area (Å²) in [6.45, 7) is 2.79. The minimum atomic E-state index is 0.0237. The largest absolute Gasteiger partial charge is 0.303 e. The maximum absolute atomic E-state index is 11.9. The summed E-state index contributed by atoms with van der Waals surface area (Å²) in [6.07, 6.45) is 11.2. The van der Waals surface area contributed by atoms with Crippen LogP contribution >= 0.6 is 0 Å². The van der Waals surface area contributed by atoms with Crippen molar-refractivity contribution in [1.82, 2.24) is 9.55 Å². The maximum atomic E-state index is 11.9. The molecule has 0 fully saturated rings. The number of fused-ring (bicyclic) bond motifs is 1. The number of nitrogens with zero attached hydrogens (tertiary/aromatic N) is 2. The summed E-state index contributed by atoms with van der Waals surface area (Å²) in [7, 11) is 0. The molecule has 0 amide bonds. The molecule has 0 atom stereocenters. The smallest absolute Gasteiger partial charge is 0.251 e. The zero-order valence-electron chi connectivity index (χ0n) is 10.7. The van der Waals surface area contributed by atoms with Crippen molar-refractivity contribution in [3.63, 3.8) is 0 Å². The molecule has 2 heterocycles. The van der Waals surface area contributed by atoms with Crippen LogP contribution in [-0.2, 0) is 6.54 Å². The van der Waals surface area contributed by atoms with Crippen LogP contribution in [0.3, 0.4) is 0 Å². The quantitative estimate of drug-likeness (QED) is 0.596. The summed E-state index contributed by atoms with van der Waals surface area (Å²) in [6, 6.07) is 5.38. The number of pyridine rings is 2. The van der Waals surface area contributed by atoms with Crippen LogP contribution in [0, 0.1) is 0 Å². The van der Waals surface area contributed by atoms with Gasteiger partial charge in [-0.05, 0) is 18.6 Å². The predicted molar refractivity (Wildman–Crippen MR) is 74.7 cm³/mol. The Balaban J connectivity index is 2.24. The molecular weight excluding hydrogens is 224 g/mol. The van der Waals surface area contributed by atoms with Crippen molar-refractivity contribution in [1.29, 1.82) is 0 Å². The van der Waals surface area contributed by atoms with Gasteiger partial charge in [0, 0.05) is 24.2 Å². The van der Waals surface area contributed by atoms with Crippen LogP contribution in [0.4, 0.5) is 0 Å². The Bertz CT molecular complexity index is 599. The van der Waals surface area contributed by atoms with Gasteiger partial charge in [0.25, 0.3) is 5.56 Å². The molecule has 3 nitrogen and oxygen atoms in total. The van der Waals surface area contributed by atoms with E-state index >= 15 is 0 Å². The van der Waals surface area contributed by atoms with Crippen LogP contribution in [0.1, 0.15) is 26.2 Å². The van der Waals surface area contributed by atoms with Crippen LogP contribution in [-0.4, -0.2) is 9.55 Å². The number of aromatic nitrogens is 2. The lowest BCUT2D eigenvalue weighted by Crippen LogP contribution is -2.18. The molecule has 0 aliphatic rings. The van der Waals surface area contributed by atoms with Crippen molar-refractivity contribution in [3.05, 3.63) is 53.1 Å². The zero-order chi connectivity index (χ0) is 12.8. The Morgan fingerprint density at radius 3 is 3.00 bits per heavy atom. The SMILES string of the molecule is CCCCC=CCn1c(=O)ccc2ccncc21. The lowest BCUT2D eigenvalue weighted by atomic mass is 10.2. The third-order valence-corrected chi connectivity index (χ3v) is 2.97. The maximum Gasteiger partial charge on any atom is 0.251 e. The number of hydrogen-bond acceptors (Lipinski definition) is 2. The van der Waals surface area contributed by atoms with Crippen LogP contribution in [0.15, 0.2) is 47.5 Å². The van der Waals surface area contributed by atoms with E-state index < -0.39 is 0 Å². The number of unbranched alkanes of at least 4 members (excludes halogenated alkanes) is 2. The molecule has 0 aliphatic carbocycles. The lowest BCUT2D eigenvalue weighted by molar-refractivity contribution is 0.789. The molecule has 0 saturated carbocycles. The summed E-state index contributed by atoms with van der Waals surface area (Å²) in [4.78, 5) is 15.9. The van der Waals surface area contributed by atoms with E-state index in [2.05, 4.69) is 24.1 Å². The van der Waals surface area contributed by atoms with Crippen LogP contribution in [0.5, 0.6) is 0 Å². The fourth-order valence-corrected chi connectivity index (χ4v) is 1.94. The minimum Gasteiger partial charge on any atom is -0.303 e. The molecular formula is C15H18N2O. The van der Waals surface area contributed by atoms with Gasteiger partial charge in [0.1, 0.15) is 0 Å². The van der Waals surface area contributed by atoms with Crippen molar-refractivity contribution < 1.29 is 0 Å². The molecule has 18 heavy (non-hydrogen) atoms. The van der Waals surface area contributed by atoms with Gasteiger partial charge in [-0.3, -0.25) is 9.78 Å². The highest BCUT2D eigenvalue weighted by Gasteiger charge is 2.00. The molecule has 2 aromatic heterocycles. The molecule has 0 radical (unpaired) electrons. The highest BCUT2D eigenvalue weighted by Crippen LogP contribution is 2.09. The van der Waals surface area contributed by atoms with Crippen LogP contribution < -0.4 is 5.56 Å². The van der Waals surface area contributed by atoms with E-state index in [9.17, 15) is 4.79 Å². The molecule has 0 aliphatic heterocycles. The summed E-state index contributed by atoms with van der Waals surface area (Å²) in [5, 5.41) is 1.05. The molecule has 94 valence electrons. The second-order valence-electron chi connectivity index (χ2n) is 4.33. The van der Waals surface area contributed by atoms with Crippen molar-refractivity contribution >= 4 is 10.9 Å². The molecule has 2 aromatic rings. The topological polar surface area (TPSA) is 34.9 Å². The summed E-state index contributed by atoms with van der Waals surface area (Å²) >= 11 is 0. The van der Waals surface area contributed by atoms with Gasteiger partial charge in [-0.2, -0.15) is 0 Å². The number of hydrogen-bond donors (Lipinski definition) is 0. The van der Waals surface area contributed by atoms with Crippen molar-refractivity contribution in [2.45, 2.75) is 32.7 Å². The van der Waals surface area contributed by atoms with Crippen molar-refractivity contribution in [2.75, 3.05) is 0 Å². The molecule has 0 aromatic carbocycles. The highest BCUT2D eigenvalue weighted by molar-refractivity contribution is 5.77. The van der Waals surface area contributed by atoms with E-state index in [0.29, 0.717) is 6.54 Å². The molecule has 0 spiro atoms. The second kappa shape index (κ2) is 6.15. The molecule has 3 heteroatoms. The summed E-state index contributed by atoms with van der Waals surface area (Å²) in [5.74, 6) is 0. The average Bonchev–Trinajstić information content (AvgIpc) is 2.41. The third kappa shape index (κ3) is 2.86. The van der Waals surface area contributed by atoms with Gasteiger partial charge in [0.2, 0.25) is 0 Å². The first-order valence-electron chi connectivity index (χ1n) is 6.41. The Kier molecular flexibility index (Phi) is 4.29. The number of rotatable bonds is 5. The van der Waals surface area contributed by atoms with E-state index in [0.717, 1.165) is 17.3 Å². The van der Waals surface area contributed by atoms with Gasteiger partial charge < -0.3 is 4.57 Å². The molecule has 2 rings (SSSR count). The van der Waals surface area contributed by atoms with Gasteiger partial charge in [-0.25, -0.2) is 0 Å². The van der Waals surface area contributed by atoms with E-state index in [1.54, 1.807) is 23.0 Å².